The van der Waals surface area contributed by atoms with E-state index in [9.17, 15) is 45.6 Å². The molecule has 5 aromatic rings. The summed E-state index contributed by atoms with van der Waals surface area (Å²) in [4.78, 5) is 70.2. The van der Waals surface area contributed by atoms with Crippen molar-refractivity contribution in [2.75, 3.05) is 78.6 Å². The van der Waals surface area contributed by atoms with Crippen LogP contribution >= 0.6 is 0 Å². The van der Waals surface area contributed by atoms with Gasteiger partial charge in [0.15, 0.2) is 22.9 Å². The van der Waals surface area contributed by atoms with Gasteiger partial charge in [-0.1, -0.05) is 64.9 Å². The fourth-order valence-corrected chi connectivity index (χ4v) is 8.82. The minimum absolute atomic E-state index is 0.119. The lowest BCUT2D eigenvalue weighted by Gasteiger charge is -2.24. The number of ether oxygens (including phenoxy) is 5. The maximum absolute atomic E-state index is 13.3. The Labute approximate surface area is 533 Å². The van der Waals surface area contributed by atoms with Gasteiger partial charge in [-0.15, -0.1) is 17.5 Å². The number of aryl methyl sites for hydroxylation is 3. The van der Waals surface area contributed by atoms with Crippen LogP contribution in [0.25, 0.3) is 10.4 Å². The number of hydrogen-bond donors (Lipinski definition) is 10. The Hall–Kier alpha value is -10.7. The van der Waals surface area contributed by atoms with Gasteiger partial charge in [-0.25, -0.2) is 40.8 Å². The molecule has 11 N–H and O–H groups in total. The summed E-state index contributed by atoms with van der Waals surface area (Å²) in [5, 5.41) is 26.9. The molecule has 2 aliphatic heterocycles. The van der Waals surface area contributed by atoms with Crippen molar-refractivity contribution in [3.05, 3.63) is 158 Å². The highest BCUT2D eigenvalue weighted by atomic mass is 32.2. The van der Waals surface area contributed by atoms with Crippen LogP contribution in [0.3, 0.4) is 0 Å². The number of nitrogens with zero attached hydrogens (tertiary/aromatic N) is 5. The molecule has 0 aromatic heterocycles. The molecule has 0 saturated heterocycles. The Morgan fingerprint density at radius 1 is 0.609 bits per heavy atom. The molecule has 7 rings (SSSR count). The molecule has 92 heavy (non-hydrogen) atoms. The number of anilines is 6. The van der Waals surface area contributed by atoms with E-state index in [1.807, 2.05) is 55.4 Å². The van der Waals surface area contributed by atoms with E-state index in [4.69, 9.17) is 35.7 Å². The summed E-state index contributed by atoms with van der Waals surface area (Å²) in [7, 11) is -0.321. The number of nitrogen functional groups attached to an aromatic ring is 1. The number of methoxy groups -OCH3 is 5. The van der Waals surface area contributed by atoms with Gasteiger partial charge in [0.25, 0.3) is 5.91 Å². The van der Waals surface area contributed by atoms with Crippen molar-refractivity contribution in [1.29, 1.82) is 0 Å². The third-order valence-corrected chi connectivity index (χ3v) is 13.7. The molecule has 5 aromatic carbocycles. The predicted octanol–water partition coefficient (Wildman–Crippen LogP) is 7.68. The molecule has 0 saturated carbocycles. The fourth-order valence-electron chi connectivity index (χ4n) is 7.72. The van der Waals surface area contributed by atoms with Crippen molar-refractivity contribution in [2.45, 2.75) is 73.1 Å². The maximum atomic E-state index is 13.3. The normalized spacial score (nSPS) is 12.2. The van der Waals surface area contributed by atoms with Crippen LogP contribution in [0.5, 0.6) is 11.5 Å². The second-order valence-corrected chi connectivity index (χ2v) is 25.2. The van der Waals surface area contributed by atoms with Crippen molar-refractivity contribution in [1.82, 2.24) is 21.9 Å². The maximum Gasteiger partial charge on any atom is 0.383 e. The largest absolute Gasteiger partial charge is 0.492 e. The standard InChI is InChI=1S/C24H31N5O6S.C12H13N3O4.C12H20N2O3S.C8H7N3O2.C4H4O2/c1-14-8-9-15(10-20(14)29-13-19(26-28-29)23(31)35-6)22(30)25-17-11-16(24(2,3)4)12-18(21(17)34-5)27-36(7,32)33;1-7-3-4-8(11(16)17)5-10(7)15-6-9(13-14-15)12(18)19-2;1-12(2,3)8-6-9(13)11(17-4)10(7-8)14-18(5,15)16;1-5-2-3-6(8(12)13)4-7(5)10-11-9;1-3-4(5)6-2/h8-13,26-28H,1-7H3,(H,25,30);3-6,13-14H,1-2H3,(H,16,17);6-7,14H,13H2,1-5H3;2-4H,1H3,(H,12,13);1H,2H3. The second kappa shape index (κ2) is 32.7. The zero-order chi connectivity index (χ0) is 69.8. The number of terminal acetylenes is 1. The lowest BCUT2D eigenvalue weighted by Crippen LogP contribution is -2.37. The van der Waals surface area contributed by atoms with Gasteiger partial charge in [0.05, 0.1) is 106 Å². The van der Waals surface area contributed by atoms with Gasteiger partial charge in [-0.3, -0.25) is 35.1 Å². The highest BCUT2D eigenvalue weighted by molar-refractivity contribution is 7.92. The van der Waals surface area contributed by atoms with Gasteiger partial charge in [-0.2, -0.15) is 0 Å². The number of hydrogen-bond acceptors (Lipinski definition) is 23. The summed E-state index contributed by atoms with van der Waals surface area (Å²) in [6.07, 6.45) is 9.72. The molecule has 1 amide bonds. The number of hydrazine groups is 4. The zero-order valence-electron chi connectivity index (χ0n) is 53.4. The second-order valence-electron chi connectivity index (χ2n) is 21.7. The topological polar surface area (TPSA) is 423 Å². The summed E-state index contributed by atoms with van der Waals surface area (Å²) in [5.41, 5.74) is 32.7. The first-order chi connectivity index (χ1) is 42.8. The predicted molar refractivity (Wildman–Crippen MR) is 347 cm³/mol. The summed E-state index contributed by atoms with van der Waals surface area (Å²) >= 11 is 0. The first-order valence-corrected chi connectivity index (χ1v) is 30.6. The molecule has 0 radical (unpaired) electrons. The summed E-state index contributed by atoms with van der Waals surface area (Å²) in [5.74, 6) is -1.88. The zero-order valence-corrected chi connectivity index (χ0v) is 55.0. The molecule has 0 bridgehead atoms. The van der Waals surface area contributed by atoms with E-state index < -0.39 is 55.8 Å². The highest BCUT2D eigenvalue weighted by Gasteiger charge is 2.26. The van der Waals surface area contributed by atoms with Crippen LogP contribution in [0, 0.1) is 33.1 Å². The Balaban J connectivity index is 0.000000333. The number of carbonyl (C=O) groups excluding carboxylic acids is 4. The number of rotatable bonds is 15. The SMILES string of the molecule is C#CC(=O)OC.COC(=O)C1=CN(c2cc(C(=O)Nc3cc(C(C)(C)C)cc(NS(C)(=O)=O)c3OC)ccc2C)NN1.COC(=O)C1=CN(c2cc(C(=O)O)ccc2C)NN1.COc1c(N)cc(C(C)(C)C)cc1NS(C)(=O)=O.Cc1ccc(C(=O)O)cc1N=[N+]=[N-]. The molecule has 0 unspecified atom stereocenters. The fraction of sp³-hybridized carbons (Fsp3) is 0.300. The van der Waals surface area contributed by atoms with Crippen molar-refractivity contribution >= 4 is 95.6 Å². The highest BCUT2D eigenvalue weighted by Crippen LogP contribution is 2.40. The van der Waals surface area contributed by atoms with E-state index in [1.54, 1.807) is 72.5 Å². The summed E-state index contributed by atoms with van der Waals surface area (Å²) < 4.78 is 75.4. The molecule has 2 aliphatic rings. The Morgan fingerprint density at radius 2 is 1.01 bits per heavy atom. The van der Waals surface area contributed by atoms with Crippen LogP contribution in [0.15, 0.2) is 108 Å². The monoisotopic (exact) mass is 1310 g/mol. The van der Waals surface area contributed by atoms with E-state index in [2.05, 4.69) is 62.6 Å². The third-order valence-electron chi connectivity index (χ3n) is 12.5. The minimum atomic E-state index is -3.60. The van der Waals surface area contributed by atoms with Gasteiger partial charge in [0, 0.05) is 22.1 Å². The summed E-state index contributed by atoms with van der Waals surface area (Å²) in [6.45, 7) is 17.5. The van der Waals surface area contributed by atoms with Crippen molar-refractivity contribution in [3.8, 4) is 23.8 Å². The molecule has 0 spiro atoms. The smallest absolute Gasteiger partial charge is 0.383 e. The van der Waals surface area contributed by atoms with E-state index in [-0.39, 0.29) is 44.8 Å². The third kappa shape index (κ3) is 22.4. The minimum Gasteiger partial charge on any atom is -0.492 e. The van der Waals surface area contributed by atoms with Gasteiger partial charge < -0.3 is 44.9 Å². The average Bonchev–Trinajstić information content (AvgIpc) is 1.07. The lowest BCUT2D eigenvalue weighted by molar-refractivity contribution is -0.137. The molecule has 494 valence electrons. The molecular formula is C60H75N13O17S2. The molecule has 2 heterocycles. The van der Waals surface area contributed by atoms with E-state index in [1.165, 1.54) is 77.2 Å². The quantitative estimate of drug-likeness (QED) is 0.00702. The number of carbonyl (C=O) groups is 6. The lowest BCUT2D eigenvalue weighted by atomic mass is 9.86. The number of esters is 3. The first kappa shape index (κ1) is 75.5. The van der Waals surface area contributed by atoms with Crippen LogP contribution < -0.4 is 61.9 Å². The van der Waals surface area contributed by atoms with E-state index >= 15 is 0 Å². The molecule has 0 atom stereocenters. The van der Waals surface area contributed by atoms with Gasteiger partial charge >= 0.3 is 29.8 Å². The molecule has 30 nitrogen and oxygen atoms in total. The number of nitrogens with one attached hydrogen (secondary N) is 7. The number of nitrogens with two attached hydrogens (primary N) is 1. The van der Waals surface area contributed by atoms with Gasteiger partial charge in [0.1, 0.15) is 0 Å². The Morgan fingerprint density at radius 3 is 1.39 bits per heavy atom. The van der Waals surface area contributed by atoms with Crippen LogP contribution in [0.2, 0.25) is 0 Å². The molecular weight excluding hydrogens is 1240 g/mol. The van der Waals surface area contributed by atoms with E-state index in [0.29, 0.717) is 45.4 Å². The van der Waals surface area contributed by atoms with Gasteiger partial charge in [0.2, 0.25) is 20.0 Å². The number of carboxylic acids is 2. The molecule has 0 fully saturated rings. The number of aromatic carboxylic acids is 2. The first-order valence-electron chi connectivity index (χ1n) is 26.8. The number of amides is 1. The van der Waals surface area contributed by atoms with Crippen LogP contribution in [0.1, 0.15) is 100 Å². The van der Waals surface area contributed by atoms with Crippen LogP contribution in [-0.4, -0.2) is 111 Å². The number of azide groups is 1. The van der Waals surface area contributed by atoms with Gasteiger partial charge in [-0.05, 0) is 126 Å². The summed E-state index contributed by atoms with van der Waals surface area (Å²) in [6, 6.07) is 21.2. The van der Waals surface area contributed by atoms with Crippen molar-refractivity contribution in [2.24, 2.45) is 5.11 Å². The average molecular weight is 1310 g/mol. The number of carboxylic acid groups (broad SMARTS) is 2. The van der Waals surface area contributed by atoms with Crippen LogP contribution in [0.4, 0.5) is 39.8 Å². The number of sulfonamides is 2. The van der Waals surface area contributed by atoms with Crippen molar-refractivity contribution < 1.29 is 79.5 Å². The Kier molecular flexibility index (Phi) is 26.8. The number of benzene rings is 5. The van der Waals surface area contributed by atoms with Crippen LogP contribution in [-0.2, 0) is 59.5 Å². The van der Waals surface area contributed by atoms with Crippen molar-refractivity contribution in [3.63, 3.8) is 0 Å². The Bertz CT molecular complexity index is 4000. The molecule has 32 heteroatoms. The van der Waals surface area contributed by atoms with E-state index in [0.717, 1.165) is 40.3 Å². The molecule has 0 aliphatic carbocycles.